The van der Waals surface area contributed by atoms with Crippen molar-refractivity contribution >= 4 is 63.9 Å². The van der Waals surface area contributed by atoms with E-state index < -0.39 is 29.0 Å². The molecule has 4 aromatic rings. The fourth-order valence-corrected chi connectivity index (χ4v) is 8.95. The molecule has 3 heterocycles. The topological polar surface area (TPSA) is 118 Å². The van der Waals surface area contributed by atoms with Gasteiger partial charge in [-0.3, -0.25) is 23.7 Å². The van der Waals surface area contributed by atoms with Gasteiger partial charge in [0.2, 0.25) is 17.7 Å². The van der Waals surface area contributed by atoms with Gasteiger partial charge >= 0.3 is 10.8 Å². The zero-order valence-corrected chi connectivity index (χ0v) is 27.8. The van der Waals surface area contributed by atoms with Crippen LogP contribution in [0.1, 0.15) is 47.5 Å². The van der Waals surface area contributed by atoms with Crippen LogP contribution in [0.5, 0.6) is 0 Å². The number of benzene rings is 3. The van der Waals surface area contributed by atoms with Crippen LogP contribution in [0, 0.1) is 5.92 Å². The Labute approximate surface area is 280 Å². The van der Waals surface area contributed by atoms with Crippen molar-refractivity contribution in [2.75, 3.05) is 34.8 Å². The maximum absolute atomic E-state index is 14.3. The van der Waals surface area contributed by atoms with Crippen molar-refractivity contribution in [3.8, 4) is 0 Å². The molecule has 47 heavy (non-hydrogen) atoms. The van der Waals surface area contributed by atoms with Gasteiger partial charge in [0, 0.05) is 35.3 Å². The number of fused-ring (bicyclic) bond motifs is 2. The predicted octanol–water partition coefficient (Wildman–Crippen LogP) is 5.37. The van der Waals surface area contributed by atoms with Crippen LogP contribution in [0.4, 0.5) is 17.1 Å². The molecule has 2 aliphatic heterocycles. The second-order valence-electron chi connectivity index (χ2n) is 11.1. The maximum Gasteiger partial charge on any atom is 0.338 e. The van der Waals surface area contributed by atoms with Gasteiger partial charge in [-0.15, -0.1) is 0 Å². The summed E-state index contributed by atoms with van der Waals surface area (Å²) in [4.78, 5) is 70.8. The Morgan fingerprint density at radius 2 is 1.55 bits per heavy atom. The standard InChI is InChI=1S/C35H34N4O6S2/c1-4-37(5-2)24-16-12-21(13-17-24)27-28-29(32(42)39(31(28)41)25-18-14-22(15-19-25)34(43)45-6-3)46-33-30(27)47-35(44)38(33)20-26(40)36-23-10-8-7-9-11-23/h7-19,27-29H,4-6,20H2,1-3H3,(H,36,40)/t27-,28-,29+/m0/s1. The summed E-state index contributed by atoms with van der Waals surface area (Å²) >= 11 is 2.17. The molecule has 0 unspecified atom stereocenters. The molecule has 1 N–H and O–H groups in total. The van der Waals surface area contributed by atoms with E-state index in [0.29, 0.717) is 26.8 Å². The SMILES string of the molecule is CCOC(=O)c1ccc(N2C(=O)[C@H]3[C@H](c4ccc(N(CC)CC)cc4)c4sc(=O)n(CC(=O)Nc5ccccc5)c4S[C@H]3C2=O)cc1. The van der Waals surface area contributed by atoms with Crippen molar-refractivity contribution in [3.63, 3.8) is 0 Å². The Morgan fingerprint density at radius 1 is 0.872 bits per heavy atom. The van der Waals surface area contributed by atoms with E-state index >= 15 is 0 Å². The number of nitrogens with one attached hydrogen (secondary N) is 1. The van der Waals surface area contributed by atoms with E-state index in [1.54, 1.807) is 43.3 Å². The van der Waals surface area contributed by atoms with Gasteiger partial charge in [-0.2, -0.15) is 0 Å². The number of thiazole rings is 1. The zero-order chi connectivity index (χ0) is 33.2. The van der Waals surface area contributed by atoms with E-state index in [1.165, 1.54) is 21.6 Å². The van der Waals surface area contributed by atoms with Crippen molar-refractivity contribution in [2.24, 2.45) is 5.92 Å². The van der Waals surface area contributed by atoms with Gasteiger partial charge in [-0.05, 0) is 74.9 Å². The second-order valence-corrected chi connectivity index (χ2v) is 13.2. The number of amides is 3. The predicted molar refractivity (Wildman–Crippen MR) is 184 cm³/mol. The Balaban J connectivity index is 1.39. The molecule has 3 aromatic carbocycles. The quantitative estimate of drug-likeness (QED) is 0.177. The third-order valence-corrected chi connectivity index (χ3v) is 11.0. The largest absolute Gasteiger partial charge is 0.462 e. The smallest absolute Gasteiger partial charge is 0.338 e. The minimum Gasteiger partial charge on any atom is -0.462 e. The summed E-state index contributed by atoms with van der Waals surface area (Å²) in [6.45, 7) is 7.53. The highest BCUT2D eigenvalue weighted by molar-refractivity contribution is 8.00. The number of carbonyl (C=O) groups excluding carboxylic acids is 4. The first-order valence-corrected chi connectivity index (χ1v) is 17.2. The van der Waals surface area contributed by atoms with Crippen molar-refractivity contribution in [3.05, 3.63) is 105 Å². The molecule has 0 spiro atoms. The number of hydrogen-bond acceptors (Lipinski definition) is 9. The summed E-state index contributed by atoms with van der Waals surface area (Å²) in [5.74, 6) is -3.03. The Morgan fingerprint density at radius 3 is 2.19 bits per heavy atom. The molecule has 0 aliphatic carbocycles. The molecular weight excluding hydrogens is 637 g/mol. The first kappa shape index (κ1) is 32.3. The van der Waals surface area contributed by atoms with Crippen LogP contribution in [0.2, 0.25) is 0 Å². The van der Waals surface area contributed by atoms with Gasteiger partial charge in [-0.1, -0.05) is 53.4 Å². The third kappa shape index (κ3) is 6.10. The summed E-state index contributed by atoms with van der Waals surface area (Å²) in [5.41, 5.74) is 3.10. The number of thioether (sulfide) groups is 1. The molecule has 242 valence electrons. The highest BCUT2D eigenvalue weighted by Gasteiger charge is 2.56. The fraction of sp³-hybridized carbons (Fsp3) is 0.286. The van der Waals surface area contributed by atoms with Crippen molar-refractivity contribution in [1.82, 2.24) is 4.57 Å². The monoisotopic (exact) mass is 670 g/mol. The van der Waals surface area contributed by atoms with Crippen LogP contribution in [-0.4, -0.2) is 53.2 Å². The lowest BCUT2D eigenvalue weighted by molar-refractivity contribution is -0.122. The number of carbonyl (C=O) groups is 4. The highest BCUT2D eigenvalue weighted by atomic mass is 32.2. The Bertz CT molecular complexity index is 1870. The number of para-hydroxylation sites is 1. The normalized spacial score (nSPS) is 18.4. The van der Waals surface area contributed by atoms with E-state index in [9.17, 15) is 24.0 Å². The molecule has 3 amide bonds. The summed E-state index contributed by atoms with van der Waals surface area (Å²) in [6, 6.07) is 23.1. The molecule has 1 aromatic heterocycles. The minimum absolute atomic E-state index is 0.227. The van der Waals surface area contributed by atoms with Crippen LogP contribution in [0.25, 0.3) is 0 Å². The van der Waals surface area contributed by atoms with E-state index in [-0.39, 0.29) is 29.8 Å². The minimum atomic E-state index is -0.829. The molecule has 3 atom stereocenters. The van der Waals surface area contributed by atoms with Crippen LogP contribution < -0.4 is 20.0 Å². The van der Waals surface area contributed by atoms with Gasteiger partial charge < -0.3 is 15.0 Å². The number of esters is 1. The molecule has 2 aliphatic rings. The molecule has 0 saturated carbocycles. The zero-order valence-electron chi connectivity index (χ0n) is 26.2. The third-order valence-electron chi connectivity index (χ3n) is 8.43. The average molecular weight is 671 g/mol. The molecule has 1 saturated heterocycles. The van der Waals surface area contributed by atoms with Gasteiger partial charge in [0.25, 0.3) is 0 Å². The van der Waals surface area contributed by atoms with Crippen molar-refractivity contribution in [1.29, 1.82) is 0 Å². The van der Waals surface area contributed by atoms with Crippen LogP contribution in [0.15, 0.2) is 88.7 Å². The Kier molecular flexibility index (Phi) is 9.33. The molecule has 12 heteroatoms. The van der Waals surface area contributed by atoms with Gasteiger partial charge in [0.15, 0.2) is 0 Å². The van der Waals surface area contributed by atoms with Crippen LogP contribution in [0.3, 0.4) is 0 Å². The van der Waals surface area contributed by atoms with Crippen LogP contribution in [-0.2, 0) is 25.7 Å². The van der Waals surface area contributed by atoms with Crippen molar-refractivity contribution < 1.29 is 23.9 Å². The summed E-state index contributed by atoms with van der Waals surface area (Å²) in [6.07, 6.45) is 0. The van der Waals surface area contributed by atoms with Gasteiger partial charge in [-0.25, -0.2) is 9.69 Å². The second kappa shape index (κ2) is 13.6. The first-order valence-electron chi connectivity index (χ1n) is 15.5. The lowest BCUT2D eigenvalue weighted by Gasteiger charge is -2.31. The number of ether oxygens (including phenoxy) is 1. The van der Waals surface area contributed by atoms with E-state index in [2.05, 4.69) is 24.1 Å². The van der Waals surface area contributed by atoms with Crippen LogP contribution >= 0.6 is 23.1 Å². The lowest BCUT2D eigenvalue weighted by Crippen LogP contribution is -2.33. The molecule has 1 fully saturated rings. The van der Waals surface area contributed by atoms with Crippen molar-refractivity contribution in [2.45, 2.75) is 43.5 Å². The van der Waals surface area contributed by atoms with E-state index in [0.717, 1.165) is 47.4 Å². The molecular formula is C35H34N4O6S2. The number of imide groups is 1. The first-order chi connectivity index (χ1) is 22.7. The summed E-state index contributed by atoms with van der Waals surface area (Å²) in [5, 5.41) is 2.51. The number of anilines is 3. The van der Waals surface area contributed by atoms with E-state index in [1.807, 2.05) is 30.3 Å². The number of nitrogens with zero attached hydrogens (tertiary/aromatic N) is 3. The molecule has 6 rings (SSSR count). The molecule has 10 nitrogen and oxygen atoms in total. The highest BCUT2D eigenvalue weighted by Crippen LogP contribution is 2.54. The number of hydrogen-bond donors (Lipinski definition) is 1. The summed E-state index contributed by atoms with van der Waals surface area (Å²) < 4.78 is 6.48. The van der Waals surface area contributed by atoms with Gasteiger partial charge in [0.1, 0.15) is 11.8 Å². The molecule has 0 radical (unpaired) electrons. The van der Waals surface area contributed by atoms with E-state index in [4.69, 9.17) is 4.74 Å². The number of rotatable bonds is 10. The number of aromatic nitrogens is 1. The maximum atomic E-state index is 14.3. The average Bonchev–Trinajstić information content (AvgIpc) is 3.52. The Hall–Kier alpha value is -4.68. The van der Waals surface area contributed by atoms with Gasteiger partial charge in [0.05, 0.1) is 28.8 Å². The lowest BCUT2D eigenvalue weighted by atomic mass is 9.83. The molecule has 0 bridgehead atoms. The summed E-state index contributed by atoms with van der Waals surface area (Å²) in [7, 11) is 0. The fourth-order valence-electron chi connectivity index (χ4n) is 6.18.